The Morgan fingerprint density at radius 1 is 1.10 bits per heavy atom. The van der Waals surface area contributed by atoms with E-state index in [1.165, 1.54) is 11.3 Å². The Hall–Kier alpha value is -1.65. The fraction of sp³-hybridized carbons (Fsp3) is 0.524. The molecule has 3 saturated heterocycles. The van der Waals surface area contributed by atoms with Crippen LogP contribution < -0.4 is 4.90 Å². The average molecular weight is 450 g/mol. The molecule has 0 radical (unpaired) electrons. The van der Waals surface area contributed by atoms with E-state index in [0.717, 1.165) is 38.3 Å². The lowest BCUT2D eigenvalue weighted by atomic mass is 10.1. The van der Waals surface area contributed by atoms with Crippen LogP contribution in [0.4, 0.5) is 5.69 Å². The molecular weight excluding hydrogens is 422 g/mol. The fourth-order valence-electron chi connectivity index (χ4n) is 4.93. The van der Waals surface area contributed by atoms with Crippen LogP contribution in [-0.4, -0.2) is 80.8 Å². The largest absolute Gasteiger partial charge is 0.508 e. The Morgan fingerprint density at radius 2 is 1.93 bits per heavy atom. The summed E-state index contributed by atoms with van der Waals surface area (Å²) in [5.74, 6) is 0.834. The summed E-state index contributed by atoms with van der Waals surface area (Å²) in [5, 5.41) is 11.5. The van der Waals surface area contributed by atoms with Crippen molar-refractivity contribution in [3.63, 3.8) is 0 Å². The minimum atomic E-state index is -3.47. The number of sulfonamides is 1. The molecule has 30 heavy (non-hydrogen) atoms. The molecule has 5 rings (SSSR count). The maximum absolute atomic E-state index is 13.1. The van der Waals surface area contributed by atoms with E-state index in [1.807, 2.05) is 12.1 Å². The summed E-state index contributed by atoms with van der Waals surface area (Å²) >= 11 is 1.27. The monoisotopic (exact) mass is 449 g/mol. The van der Waals surface area contributed by atoms with Gasteiger partial charge in [0.25, 0.3) is 10.0 Å². The molecule has 7 nitrogen and oxygen atoms in total. The molecule has 3 fully saturated rings. The summed E-state index contributed by atoms with van der Waals surface area (Å²) in [7, 11) is -3.47. The van der Waals surface area contributed by atoms with Crippen molar-refractivity contribution < 1.29 is 18.3 Å². The third kappa shape index (κ3) is 3.85. The van der Waals surface area contributed by atoms with Crippen molar-refractivity contribution >= 4 is 27.0 Å². The molecule has 1 N–H and O–H groups in total. The van der Waals surface area contributed by atoms with Crippen molar-refractivity contribution in [2.24, 2.45) is 5.92 Å². The summed E-state index contributed by atoms with van der Waals surface area (Å²) in [4.78, 5) is 4.71. The number of ether oxygens (including phenoxy) is 1. The predicted molar refractivity (Wildman–Crippen MR) is 117 cm³/mol. The number of aromatic hydroxyl groups is 1. The second-order valence-corrected chi connectivity index (χ2v) is 11.4. The Kier molecular flexibility index (Phi) is 5.49. The van der Waals surface area contributed by atoms with E-state index in [1.54, 1.807) is 34.0 Å². The number of hydrogen-bond acceptors (Lipinski definition) is 7. The fourth-order valence-corrected chi connectivity index (χ4v) is 7.55. The zero-order valence-corrected chi connectivity index (χ0v) is 18.4. The second kappa shape index (κ2) is 8.12. The minimum Gasteiger partial charge on any atom is -0.508 e. The average Bonchev–Trinajstić information content (AvgIpc) is 3.47. The van der Waals surface area contributed by atoms with Crippen LogP contribution in [0.15, 0.2) is 46.0 Å². The lowest BCUT2D eigenvalue weighted by Gasteiger charge is -2.43. The molecule has 162 valence electrons. The van der Waals surface area contributed by atoms with Crippen LogP contribution in [0, 0.1) is 5.92 Å². The maximum atomic E-state index is 13.1. The number of phenolic OH excluding ortho intramolecular Hbond substituents is 1. The summed E-state index contributed by atoms with van der Waals surface area (Å²) in [6.45, 7) is 5.12. The number of phenols is 1. The lowest BCUT2D eigenvalue weighted by Crippen LogP contribution is -2.58. The van der Waals surface area contributed by atoms with Gasteiger partial charge in [0.05, 0.1) is 12.1 Å². The Bertz CT molecular complexity index is 953. The molecule has 0 spiro atoms. The van der Waals surface area contributed by atoms with Gasteiger partial charge in [-0.2, -0.15) is 4.31 Å². The first kappa shape index (κ1) is 20.3. The minimum absolute atomic E-state index is 0.0388. The number of piperazine rings is 1. The van der Waals surface area contributed by atoms with E-state index in [4.69, 9.17) is 4.74 Å². The van der Waals surface area contributed by atoms with Crippen molar-refractivity contribution in [1.82, 2.24) is 9.21 Å². The molecule has 3 atom stereocenters. The van der Waals surface area contributed by atoms with Gasteiger partial charge in [-0.25, -0.2) is 8.42 Å². The molecule has 0 bridgehead atoms. The lowest BCUT2D eigenvalue weighted by molar-refractivity contribution is 0.0975. The van der Waals surface area contributed by atoms with E-state index < -0.39 is 10.0 Å². The molecule has 0 unspecified atom stereocenters. The molecule has 0 amide bonds. The number of benzene rings is 1. The van der Waals surface area contributed by atoms with Gasteiger partial charge in [0.1, 0.15) is 9.96 Å². The van der Waals surface area contributed by atoms with Gasteiger partial charge >= 0.3 is 0 Å². The molecule has 3 aliphatic heterocycles. The highest BCUT2D eigenvalue weighted by Crippen LogP contribution is 2.31. The molecular formula is C21H27N3O4S2. The summed E-state index contributed by atoms with van der Waals surface area (Å²) in [5.41, 5.74) is 1.02. The molecule has 0 aliphatic carbocycles. The van der Waals surface area contributed by atoms with Crippen LogP contribution in [0.25, 0.3) is 0 Å². The smallest absolute Gasteiger partial charge is 0.252 e. The topological polar surface area (TPSA) is 73.3 Å². The number of anilines is 1. The van der Waals surface area contributed by atoms with Gasteiger partial charge in [-0.15, -0.1) is 11.3 Å². The first-order valence-corrected chi connectivity index (χ1v) is 12.8. The van der Waals surface area contributed by atoms with Gasteiger partial charge < -0.3 is 14.7 Å². The molecule has 1 aromatic carbocycles. The van der Waals surface area contributed by atoms with E-state index in [9.17, 15) is 13.5 Å². The number of likely N-dealkylation sites (tertiary alicyclic amines) is 1. The molecule has 0 saturated carbocycles. The quantitative estimate of drug-likeness (QED) is 0.753. The third-order valence-electron chi connectivity index (χ3n) is 6.46. The Labute approximate surface area is 181 Å². The number of fused-ring (bicyclic) bond motifs is 1. The van der Waals surface area contributed by atoms with Crippen molar-refractivity contribution in [3.05, 3.63) is 41.8 Å². The number of thiophene rings is 1. The Balaban J connectivity index is 1.37. The normalized spacial score (nSPS) is 28.1. The van der Waals surface area contributed by atoms with Crippen molar-refractivity contribution in [3.8, 4) is 5.75 Å². The molecule has 1 aromatic heterocycles. The van der Waals surface area contributed by atoms with E-state index in [-0.39, 0.29) is 11.8 Å². The van der Waals surface area contributed by atoms with Crippen molar-refractivity contribution in [1.29, 1.82) is 0 Å². The Morgan fingerprint density at radius 3 is 2.67 bits per heavy atom. The zero-order chi connectivity index (χ0) is 20.7. The van der Waals surface area contributed by atoms with Crippen LogP contribution in [0.3, 0.4) is 0 Å². The zero-order valence-electron chi connectivity index (χ0n) is 16.8. The van der Waals surface area contributed by atoms with Gasteiger partial charge in [-0.3, -0.25) is 4.90 Å². The van der Waals surface area contributed by atoms with Gasteiger partial charge in [0.15, 0.2) is 0 Å². The van der Waals surface area contributed by atoms with Crippen LogP contribution in [0.1, 0.15) is 6.42 Å². The highest BCUT2D eigenvalue weighted by atomic mass is 32.2. The van der Waals surface area contributed by atoms with Gasteiger partial charge in [-0.05, 0) is 42.1 Å². The van der Waals surface area contributed by atoms with Gasteiger partial charge in [-0.1, -0.05) is 6.07 Å². The highest BCUT2D eigenvalue weighted by Gasteiger charge is 2.40. The van der Waals surface area contributed by atoms with E-state index in [0.29, 0.717) is 35.9 Å². The van der Waals surface area contributed by atoms with Crippen LogP contribution in [-0.2, 0) is 14.8 Å². The number of rotatable bonds is 5. The first-order chi connectivity index (χ1) is 14.5. The highest BCUT2D eigenvalue weighted by molar-refractivity contribution is 7.91. The molecule has 3 aliphatic rings. The summed E-state index contributed by atoms with van der Waals surface area (Å²) < 4.78 is 34.2. The maximum Gasteiger partial charge on any atom is 0.252 e. The van der Waals surface area contributed by atoms with Crippen LogP contribution in [0.2, 0.25) is 0 Å². The summed E-state index contributed by atoms with van der Waals surface area (Å²) in [6, 6.07) is 10.7. The third-order valence-corrected chi connectivity index (χ3v) is 9.70. The van der Waals surface area contributed by atoms with E-state index in [2.05, 4.69) is 9.80 Å². The standard InChI is InChI=1S/C21H27N3O4S2/c25-19-5-3-17(4-6-19)24-9-8-23(30(26,27)21-2-1-11-29-21)14-18(24)13-22-12-16-7-10-28-20(16)15-22/h1-6,11,16,18,20,25H,7-10,12-15H2/t16-,18+,20+/m1/s1. The summed E-state index contributed by atoms with van der Waals surface area (Å²) in [6.07, 6.45) is 1.44. The van der Waals surface area contributed by atoms with Crippen molar-refractivity contribution in [2.75, 3.05) is 50.8 Å². The molecule has 9 heteroatoms. The van der Waals surface area contributed by atoms with Gasteiger partial charge in [0, 0.05) is 57.5 Å². The molecule has 2 aromatic rings. The second-order valence-electron chi connectivity index (χ2n) is 8.34. The van der Waals surface area contributed by atoms with Gasteiger partial charge in [0.2, 0.25) is 0 Å². The SMILES string of the molecule is O=S(=O)(c1cccs1)N1CCN(c2ccc(O)cc2)[C@@H](CN2C[C@H]3CCO[C@H]3C2)C1. The molecule has 4 heterocycles. The van der Waals surface area contributed by atoms with E-state index >= 15 is 0 Å². The van der Waals surface area contributed by atoms with Crippen molar-refractivity contribution in [2.45, 2.75) is 22.8 Å². The van der Waals surface area contributed by atoms with Crippen LogP contribution in [0.5, 0.6) is 5.75 Å². The number of nitrogens with zero attached hydrogens (tertiary/aromatic N) is 3. The van der Waals surface area contributed by atoms with Crippen LogP contribution >= 0.6 is 11.3 Å². The first-order valence-electron chi connectivity index (χ1n) is 10.4. The number of hydrogen-bond donors (Lipinski definition) is 1. The predicted octanol–water partition coefficient (Wildman–Crippen LogP) is 2.05.